The summed E-state index contributed by atoms with van der Waals surface area (Å²) in [5.74, 6) is -1.28. The molecule has 4 rings (SSSR count). The molecule has 2 N–H and O–H groups in total. The molecule has 0 bridgehead atoms. The Morgan fingerprint density at radius 3 is 2.24 bits per heavy atom. The minimum atomic E-state index is -1.42. The Morgan fingerprint density at radius 1 is 0.868 bits per heavy atom. The van der Waals surface area contributed by atoms with Crippen molar-refractivity contribution in [1.82, 2.24) is 5.32 Å². The molecule has 0 unspecified atom stereocenters. The molecule has 198 valence electrons. The number of carbonyl (C=O) groups is 3. The lowest BCUT2D eigenvalue weighted by atomic mass is 9.95. The molecule has 38 heavy (non-hydrogen) atoms. The summed E-state index contributed by atoms with van der Waals surface area (Å²) in [6.07, 6.45) is 1.06. The van der Waals surface area contributed by atoms with Gasteiger partial charge in [0.1, 0.15) is 18.8 Å². The lowest BCUT2D eigenvalue weighted by molar-refractivity contribution is -0.144. The minimum absolute atomic E-state index is 0.0714. The Balaban J connectivity index is 1.50. The van der Waals surface area contributed by atoms with Gasteiger partial charge in [0.05, 0.1) is 6.61 Å². The summed E-state index contributed by atoms with van der Waals surface area (Å²) in [4.78, 5) is 36.6. The SMILES string of the molecule is CC(=O)OCCOc1ccc(C(=O)NC2(C(=O)O)Cc3ccccc3C2)cc1OCCc1cccc(C)c1. The van der Waals surface area contributed by atoms with E-state index in [1.807, 2.05) is 49.4 Å². The van der Waals surface area contributed by atoms with Crippen LogP contribution < -0.4 is 14.8 Å². The first-order valence-corrected chi connectivity index (χ1v) is 12.5. The molecule has 0 aromatic heterocycles. The van der Waals surface area contributed by atoms with Crippen LogP contribution in [0.2, 0.25) is 0 Å². The van der Waals surface area contributed by atoms with E-state index >= 15 is 0 Å². The number of aliphatic carboxylic acids is 1. The highest BCUT2D eigenvalue weighted by atomic mass is 16.6. The van der Waals surface area contributed by atoms with Crippen molar-refractivity contribution in [1.29, 1.82) is 0 Å². The highest BCUT2D eigenvalue weighted by Crippen LogP contribution is 2.32. The van der Waals surface area contributed by atoms with Gasteiger partial charge in [-0.15, -0.1) is 0 Å². The van der Waals surface area contributed by atoms with Crippen molar-refractivity contribution < 1.29 is 33.7 Å². The Kier molecular flexibility index (Phi) is 8.31. The predicted molar refractivity (Wildman–Crippen MR) is 141 cm³/mol. The topological polar surface area (TPSA) is 111 Å². The Labute approximate surface area is 221 Å². The highest BCUT2D eigenvalue weighted by molar-refractivity contribution is 5.99. The van der Waals surface area contributed by atoms with Gasteiger partial charge in [0.25, 0.3) is 5.91 Å². The average molecular weight is 518 g/mol. The number of nitrogens with one attached hydrogen (secondary N) is 1. The maximum absolute atomic E-state index is 13.3. The van der Waals surface area contributed by atoms with Crippen molar-refractivity contribution >= 4 is 17.8 Å². The maximum atomic E-state index is 13.3. The molecule has 1 aliphatic rings. The van der Waals surface area contributed by atoms with Gasteiger partial charge in [-0.3, -0.25) is 9.59 Å². The van der Waals surface area contributed by atoms with Gasteiger partial charge in [0.2, 0.25) is 0 Å². The second kappa shape index (κ2) is 11.8. The minimum Gasteiger partial charge on any atom is -0.489 e. The zero-order chi connectivity index (χ0) is 27.1. The molecular weight excluding hydrogens is 486 g/mol. The quantitative estimate of drug-likeness (QED) is 0.293. The van der Waals surface area contributed by atoms with Crippen LogP contribution in [0, 0.1) is 6.92 Å². The number of benzene rings is 3. The first-order chi connectivity index (χ1) is 18.3. The fraction of sp³-hybridized carbons (Fsp3) is 0.300. The third kappa shape index (κ3) is 6.51. The molecule has 3 aromatic rings. The smallest absolute Gasteiger partial charge is 0.330 e. The number of hydrogen-bond acceptors (Lipinski definition) is 6. The van der Waals surface area contributed by atoms with E-state index in [-0.39, 0.29) is 31.6 Å². The first-order valence-electron chi connectivity index (χ1n) is 12.5. The molecule has 3 aromatic carbocycles. The fourth-order valence-electron chi connectivity index (χ4n) is 4.56. The van der Waals surface area contributed by atoms with Crippen LogP contribution in [-0.4, -0.2) is 48.3 Å². The number of rotatable bonds is 11. The number of carboxylic acid groups (broad SMARTS) is 1. The molecule has 0 fully saturated rings. The number of hydrogen-bond donors (Lipinski definition) is 2. The number of ether oxygens (including phenoxy) is 3. The van der Waals surface area contributed by atoms with Crippen LogP contribution in [-0.2, 0) is 33.6 Å². The van der Waals surface area contributed by atoms with E-state index in [0.717, 1.165) is 22.3 Å². The van der Waals surface area contributed by atoms with E-state index < -0.39 is 23.4 Å². The molecule has 0 spiro atoms. The van der Waals surface area contributed by atoms with Crippen molar-refractivity contribution in [3.63, 3.8) is 0 Å². The average Bonchev–Trinajstić information content (AvgIpc) is 3.26. The number of amides is 1. The Bertz CT molecular complexity index is 1310. The van der Waals surface area contributed by atoms with Crippen molar-refractivity contribution in [3.05, 3.63) is 94.5 Å². The van der Waals surface area contributed by atoms with Gasteiger partial charge in [-0.25, -0.2) is 4.79 Å². The molecule has 0 saturated heterocycles. The van der Waals surface area contributed by atoms with Crippen molar-refractivity contribution in [3.8, 4) is 11.5 Å². The molecule has 0 radical (unpaired) electrons. The van der Waals surface area contributed by atoms with E-state index in [1.165, 1.54) is 6.92 Å². The van der Waals surface area contributed by atoms with E-state index in [2.05, 4.69) is 11.4 Å². The number of aryl methyl sites for hydroxylation is 1. The van der Waals surface area contributed by atoms with Crippen LogP contribution in [0.3, 0.4) is 0 Å². The van der Waals surface area contributed by atoms with Crippen LogP contribution in [0.5, 0.6) is 11.5 Å². The van der Waals surface area contributed by atoms with Crippen LogP contribution in [0.4, 0.5) is 0 Å². The molecular formula is C30H31NO7. The predicted octanol–water partition coefficient (Wildman–Crippen LogP) is 3.91. The zero-order valence-electron chi connectivity index (χ0n) is 21.5. The van der Waals surface area contributed by atoms with Gasteiger partial charge in [-0.2, -0.15) is 0 Å². The van der Waals surface area contributed by atoms with Crippen molar-refractivity contribution in [2.75, 3.05) is 19.8 Å². The third-order valence-corrected chi connectivity index (χ3v) is 6.45. The second-order valence-electron chi connectivity index (χ2n) is 9.40. The van der Waals surface area contributed by atoms with E-state index in [1.54, 1.807) is 18.2 Å². The van der Waals surface area contributed by atoms with Gasteiger partial charge in [0.15, 0.2) is 11.5 Å². The van der Waals surface area contributed by atoms with Crippen LogP contribution >= 0.6 is 0 Å². The lowest BCUT2D eigenvalue weighted by Gasteiger charge is -2.25. The van der Waals surface area contributed by atoms with Gasteiger partial charge >= 0.3 is 11.9 Å². The summed E-state index contributed by atoms with van der Waals surface area (Å²) in [6.45, 7) is 3.86. The monoisotopic (exact) mass is 517 g/mol. The molecule has 0 heterocycles. The normalized spacial score (nSPS) is 13.3. The van der Waals surface area contributed by atoms with Crippen molar-refractivity contribution in [2.45, 2.75) is 38.6 Å². The van der Waals surface area contributed by atoms with E-state index in [0.29, 0.717) is 24.5 Å². The molecule has 0 atom stereocenters. The molecule has 1 aliphatic carbocycles. The summed E-state index contributed by atoms with van der Waals surface area (Å²) in [5, 5.41) is 12.8. The molecule has 0 aliphatic heterocycles. The first kappa shape index (κ1) is 26.7. The summed E-state index contributed by atoms with van der Waals surface area (Å²) in [5.41, 5.74) is 2.90. The lowest BCUT2D eigenvalue weighted by Crippen LogP contribution is -2.55. The molecule has 8 heteroatoms. The standard InChI is InChI=1S/C30H31NO7/c1-20-6-5-7-22(16-20)12-13-37-27-17-23(10-11-26(27)38-15-14-36-21(2)32)28(33)31-30(29(34)35)18-24-8-3-4-9-25(24)19-30/h3-11,16-17H,12-15,18-19H2,1-2H3,(H,31,33)(H,34,35). The van der Waals surface area contributed by atoms with Crippen molar-refractivity contribution in [2.24, 2.45) is 0 Å². The Hall–Kier alpha value is -4.33. The number of carboxylic acids is 1. The highest BCUT2D eigenvalue weighted by Gasteiger charge is 2.45. The van der Waals surface area contributed by atoms with Gasteiger partial charge in [-0.05, 0) is 41.8 Å². The number of esters is 1. The zero-order valence-corrected chi connectivity index (χ0v) is 21.5. The molecule has 8 nitrogen and oxygen atoms in total. The molecule has 0 saturated carbocycles. The molecule has 1 amide bonds. The maximum Gasteiger partial charge on any atom is 0.330 e. The largest absolute Gasteiger partial charge is 0.489 e. The van der Waals surface area contributed by atoms with Crippen LogP contribution in [0.25, 0.3) is 0 Å². The second-order valence-corrected chi connectivity index (χ2v) is 9.40. The number of carbonyl (C=O) groups excluding carboxylic acids is 2. The summed E-state index contributed by atoms with van der Waals surface area (Å²) in [7, 11) is 0. The van der Waals surface area contributed by atoms with Gasteiger partial charge < -0.3 is 24.6 Å². The fourth-order valence-corrected chi connectivity index (χ4v) is 4.56. The van der Waals surface area contributed by atoms with Crippen LogP contribution in [0.15, 0.2) is 66.7 Å². The van der Waals surface area contributed by atoms with Crippen LogP contribution in [0.1, 0.15) is 39.5 Å². The van der Waals surface area contributed by atoms with E-state index in [9.17, 15) is 19.5 Å². The summed E-state index contributed by atoms with van der Waals surface area (Å²) in [6, 6.07) is 20.3. The van der Waals surface area contributed by atoms with E-state index in [4.69, 9.17) is 14.2 Å². The number of fused-ring (bicyclic) bond motifs is 1. The third-order valence-electron chi connectivity index (χ3n) is 6.45. The summed E-state index contributed by atoms with van der Waals surface area (Å²) >= 11 is 0. The van der Waals surface area contributed by atoms with Gasteiger partial charge in [0, 0.05) is 31.7 Å². The van der Waals surface area contributed by atoms with Gasteiger partial charge in [-0.1, -0.05) is 54.1 Å². The summed E-state index contributed by atoms with van der Waals surface area (Å²) < 4.78 is 16.7. The Morgan fingerprint density at radius 2 is 1.58 bits per heavy atom.